The van der Waals surface area contributed by atoms with Crippen LogP contribution in [-0.4, -0.2) is 15.7 Å². The zero-order valence-electron chi connectivity index (χ0n) is 12.1. The van der Waals surface area contributed by atoms with Gasteiger partial charge in [-0.05, 0) is 50.8 Å². The average molecular weight is 283 g/mol. The molecule has 4 heteroatoms. The van der Waals surface area contributed by atoms with Gasteiger partial charge in [0, 0.05) is 16.7 Å². The molecule has 1 spiro atoms. The molecule has 1 N–H and O–H groups in total. The number of aryl methyl sites for hydroxylation is 1. The van der Waals surface area contributed by atoms with E-state index in [9.17, 15) is 5.11 Å². The monoisotopic (exact) mass is 283 g/mol. The zero-order chi connectivity index (χ0) is 14.6. The van der Waals surface area contributed by atoms with Gasteiger partial charge in [-0.1, -0.05) is 0 Å². The number of phenolic OH excluding ortho intramolecular Hbond substituents is 1. The number of oxazole rings is 1. The molecule has 0 saturated heterocycles. The van der Waals surface area contributed by atoms with Gasteiger partial charge in [-0.3, -0.25) is 0 Å². The normalized spacial score (nSPS) is 18.7. The van der Waals surface area contributed by atoms with E-state index in [1.807, 2.05) is 19.9 Å². The molecule has 1 fully saturated rings. The van der Waals surface area contributed by atoms with Crippen LogP contribution in [0.15, 0.2) is 23.1 Å². The first kappa shape index (κ1) is 12.5. The molecule has 21 heavy (non-hydrogen) atoms. The minimum atomic E-state index is -0.289. The van der Waals surface area contributed by atoms with Gasteiger partial charge in [0.2, 0.25) is 0 Å². The lowest BCUT2D eigenvalue weighted by Gasteiger charge is -2.45. The number of aromatic hydroxyl groups is 1. The maximum Gasteiger partial charge on any atom is 0.181 e. The fourth-order valence-corrected chi connectivity index (χ4v) is 3.27. The maximum absolute atomic E-state index is 10.2. The van der Waals surface area contributed by atoms with Gasteiger partial charge < -0.3 is 14.3 Å². The van der Waals surface area contributed by atoms with Gasteiger partial charge in [0.1, 0.15) is 17.1 Å². The molecule has 0 radical (unpaired) electrons. The van der Waals surface area contributed by atoms with Crippen molar-refractivity contribution in [3.8, 4) is 11.5 Å². The molecule has 108 valence electrons. The van der Waals surface area contributed by atoms with Crippen molar-refractivity contribution in [2.75, 3.05) is 0 Å². The van der Waals surface area contributed by atoms with Crippen LogP contribution in [0.5, 0.6) is 11.5 Å². The third-order valence-electron chi connectivity index (χ3n) is 4.69. The summed E-state index contributed by atoms with van der Waals surface area (Å²) in [5, 5.41) is 10.2. The van der Waals surface area contributed by atoms with E-state index in [4.69, 9.17) is 9.15 Å². The Morgan fingerprint density at radius 3 is 2.71 bits per heavy atom. The van der Waals surface area contributed by atoms with Crippen molar-refractivity contribution in [3.63, 3.8) is 0 Å². The van der Waals surface area contributed by atoms with Crippen LogP contribution in [0.4, 0.5) is 0 Å². The zero-order valence-corrected chi connectivity index (χ0v) is 12.1. The lowest BCUT2D eigenvalue weighted by molar-refractivity contribution is 0.0468. The molecule has 1 aliphatic carbocycles. The number of hydrogen-bond acceptors (Lipinski definition) is 4. The Morgan fingerprint density at radius 2 is 2.10 bits per heavy atom. The Bertz CT molecular complexity index is 740. The average Bonchev–Trinajstić information content (AvgIpc) is 2.96. The summed E-state index contributed by atoms with van der Waals surface area (Å²) in [6.45, 7) is 3.81. The SMILES string of the molecule is Cc1cc2c(c(C)c1O)C=C(c1cnco1)C1(CCC1)O2. The van der Waals surface area contributed by atoms with Crippen molar-refractivity contribution in [1.29, 1.82) is 0 Å². The Kier molecular flexibility index (Phi) is 2.46. The molecule has 0 bridgehead atoms. The van der Waals surface area contributed by atoms with E-state index in [1.165, 1.54) is 6.39 Å². The second-order valence-corrected chi connectivity index (χ2v) is 5.95. The summed E-state index contributed by atoms with van der Waals surface area (Å²) in [6, 6.07) is 1.92. The highest BCUT2D eigenvalue weighted by atomic mass is 16.5. The van der Waals surface area contributed by atoms with E-state index in [1.54, 1.807) is 6.20 Å². The molecule has 4 nitrogen and oxygen atoms in total. The molecule has 2 aromatic rings. The summed E-state index contributed by atoms with van der Waals surface area (Å²) in [4.78, 5) is 4.02. The van der Waals surface area contributed by atoms with Crippen LogP contribution in [0.3, 0.4) is 0 Å². The van der Waals surface area contributed by atoms with E-state index in [0.29, 0.717) is 5.75 Å². The van der Waals surface area contributed by atoms with Crippen LogP contribution < -0.4 is 4.74 Å². The van der Waals surface area contributed by atoms with Crippen LogP contribution >= 0.6 is 0 Å². The molecular weight excluding hydrogens is 266 g/mol. The van der Waals surface area contributed by atoms with Crippen molar-refractivity contribution in [1.82, 2.24) is 4.98 Å². The Balaban J connectivity index is 1.94. The topological polar surface area (TPSA) is 55.5 Å². The first-order valence-corrected chi connectivity index (χ1v) is 7.24. The minimum Gasteiger partial charge on any atom is -0.507 e. The van der Waals surface area contributed by atoms with Gasteiger partial charge in [-0.2, -0.15) is 0 Å². The summed E-state index contributed by atoms with van der Waals surface area (Å²) >= 11 is 0. The second kappa shape index (κ2) is 4.13. The van der Waals surface area contributed by atoms with Crippen molar-refractivity contribution >= 4 is 11.6 Å². The van der Waals surface area contributed by atoms with E-state index in [2.05, 4.69) is 11.1 Å². The highest BCUT2D eigenvalue weighted by Gasteiger charge is 2.47. The fraction of sp³-hybridized carbons (Fsp3) is 0.353. The number of nitrogens with zero attached hydrogens (tertiary/aromatic N) is 1. The lowest BCUT2D eigenvalue weighted by Crippen LogP contribution is -2.45. The third kappa shape index (κ3) is 1.65. The molecule has 1 saturated carbocycles. The van der Waals surface area contributed by atoms with Crippen molar-refractivity contribution in [2.24, 2.45) is 0 Å². The van der Waals surface area contributed by atoms with Gasteiger partial charge in [0.05, 0.1) is 6.20 Å². The number of benzene rings is 1. The van der Waals surface area contributed by atoms with Crippen LogP contribution in [-0.2, 0) is 0 Å². The summed E-state index contributed by atoms with van der Waals surface area (Å²) in [5.74, 6) is 1.93. The molecule has 4 rings (SSSR count). The molecule has 1 aromatic heterocycles. The summed E-state index contributed by atoms with van der Waals surface area (Å²) in [5.41, 5.74) is 3.36. The Labute approximate surface area is 123 Å². The maximum atomic E-state index is 10.2. The minimum absolute atomic E-state index is 0.289. The molecule has 0 atom stereocenters. The summed E-state index contributed by atoms with van der Waals surface area (Å²) < 4.78 is 11.8. The lowest BCUT2D eigenvalue weighted by atomic mass is 9.71. The van der Waals surface area contributed by atoms with Crippen LogP contribution in [0.2, 0.25) is 0 Å². The molecule has 2 heterocycles. The van der Waals surface area contributed by atoms with Gasteiger partial charge in [0.15, 0.2) is 12.2 Å². The Morgan fingerprint density at radius 1 is 1.29 bits per heavy atom. The number of rotatable bonds is 1. The van der Waals surface area contributed by atoms with E-state index >= 15 is 0 Å². The van der Waals surface area contributed by atoms with Crippen LogP contribution in [0.1, 0.15) is 41.7 Å². The number of phenols is 1. The molecule has 1 aromatic carbocycles. The predicted octanol–water partition coefficient (Wildman–Crippen LogP) is 3.85. The molecule has 2 aliphatic rings. The molecule has 1 aliphatic heterocycles. The predicted molar refractivity (Wildman–Crippen MR) is 79.2 cm³/mol. The fourth-order valence-electron chi connectivity index (χ4n) is 3.27. The standard InChI is InChI=1S/C17H17NO3/c1-10-6-14-12(11(2)16(10)19)7-13(15-8-18-9-20-15)17(21-14)4-3-5-17/h6-9,19H,3-5H2,1-2H3. The van der Waals surface area contributed by atoms with Crippen molar-refractivity contribution < 1.29 is 14.3 Å². The van der Waals surface area contributed by atoms with Crippen LogP contribution in [0.25, 0.3) is 11.6 Å². The van der Waals surface area contributed by atoms with Crippen LogP contribution in [0, 0.1) is 13.8 Å². The van der Waals surface area contributed by atoms with E-state index < -0.39 is 0 Å². The molecular formula is C17H17NO3. The number of aromatic nitrogens is 1. The van der Waals surface area contributed by atoms with Gasteiger partial charge in [-0.25, -0.2) is 4.98 Å². The van der Waals surface area contributed by atoms with E-state index in [-0.39, 0.29) is 5.60 Å². The highest BCUT2D eigenvalue weighted by Crippen LogP contribution is 2.52. The van der Waals surface area contributed by atoms with Gasteiger partial charge in [0.25, 0.3) is 0 Å². The smallest absolute Gasteiger partial charge is 0.181 e. The number of fused-ring (bicyclic) bond motifs is 1. The van der Waals surface area contributed by atoms with Crippen molar-refractivity contribution in [3.05, 3.63) is 41.1 Å². The Hall–Kier alpha value is -2.23. The third-order valence-corrected chi connectivity index (χ3v) is 4.69. The van der Waals surface area contributed by atoms with Gasteiger partial charge in [-0.15, -0.1) is 0 Å². The largest absolute Gasteiger partial charge is 0.507 e. The van der Waals surface area contributed by atoms with Crippen molar-refractivity contribution in [2.45, 2.75) is 38.7 Å². The second-order valence-electron chi connectivity index (χ2n) is 5.95. The van der Waals surface area contributed by atoms with Gasteiger partial charge >= 0.3 is 0 Å². The first-order valence-electron chi connectivity index (χ1n) is 7.24. The highest BCUT2D eigenvalue weighted by molar-refractivity contribution is 5.89. The van der Waals surface area contributed by atoms with E-state index in [0.717, 1.165) is 53.0 Å². The first-order chi connectivity index (χ1) is 10.1. The number of ether oxygens (including phenoxy) is 1. The molecule has 0 amide bonds. The quantitative estimate of drug-likeness (QED) is 0.863. The molecule has 0 unspecified atom stereocenters. The summed E-state index contributed by atoms with van der Waals surface area (Å²) in [7, 11) is 0. The number of hydrogen-bond donors (Lipinski definition) is 1. The summed E-state index contributed by atoms with van der Waals surface area (Å²) in [6.07, 6.45) is 8.38.